The maximum Gasteiger partial charge on any atom is 0.0893 e. The molecule has 0 aliphatic carbocycles. The summed E-state index contributed by atoms with van der Waals surface area (Å²) in [6.45, 7) is 3.91. The van der Waals surface area contributed by atoms with Gasteiger partial charge in [0.2, 0.25) is 0 Å². The molecule has 0 spiro atoms. The molecule has 0 fully saturated rings. The monoisotopic (exact) mass is 477 g/mol. The highest BCUT2D eigenvalue weighted by Crippen LogP contribution is 2.13. The van der Waals surface area contributed by atoms with Gasteiger partial charge in [-0.2, -0.15) is 0 Å². The van der Waals surface area contributed by atoms with Crippen LogP contribution in [0.2, 0.25) is 0 Å². The van der Waals surface area contributed by atoms with E-state index in [1.54, 1.807) is 0 Å². The summed E-state index contributed by atoms with van der Waals surface area (Å²) in [5.41, 5.74) is 4.20. The molecule has 0 amide bonds. The van der Waals surface area contributed by atoms with E-state index in [1.165, 1.54) is 11.1 Å². The maximum absolute atomic E-state index is 6.24. The number of aromatic nitrogens is 1. The average Bonchev–Trinajstić information content (AvgIpc) is 2.90. The third-order valence-corrected chi connectivity index (χ3v) is 5.76. The molecule has 0 radical (unpaired) electrons. The molecule has 0 unspecified atom stereocenters. The predicted molar refractivity (Wildman–Crippen MR) is 134 cm³/mol. The van der Waals surface area contributed by atoms with Gasteiger partial charge in [-0.15, -0.1) is 0 Å². The highest BCUT2D eigenvalue weighted by Gasteiger charge is 2.14. The van der Waals surface area contributed by atoms with Gasteiger partial charge in [0.05, 0.1) is 76.5 Å². The van der Waals surface area contributed by atoms with Crippen molar-refractivity contribution in [3.05, 3.63) is 101 Å². The first kappa shape index (κ1) is 25.5. The summed E-state index contributed by atoms with van der Waals surface area (Å²) < 4.78 is 29.9. The Morgan fingerprint density at radius 2 is 1.00 bits per heavy atom. The Bertz CT molecular complexity index is 894. The first-order chi connectivity index (χ1) is 17.3. The Balaban J connectivity index is 1.40. The molecule has 1 aliphatic rings. The van der Waals surface area contributed by atoms with Crippen LogP contribution in [0.15, 0.2) is 78.9 Å². The molecule has 6 nitrogen and oxygen atoms in total. The summed E-state index contributed by atoms with van der Waals surface area (Å²) in [4.78, 5) is 4.77. The molecule has 2 atom stereocenters. The molecule has 1 aromatic heterocycles. The molecular formula is C29H35NO5. The van der Waals surface area contributed by atoms with E-state index in [0.717, 1.165) is 24.2 Å². The molecule has 4 rings (SSSR count). The first-order valence-electron chi connectivity index (χ1n) is 12.3. The second-order valence-corrected chi connectivity index (χ2v) is 8.63. The number of nitrogens with zero attached hydrogens (tertiary/aromatic N) is 1. The van der Waals surface area contributed by atoms with Crippen molar-refractivity contribution in [3.8, 4) is 0 Å². The average molecular weight is 478 g/mol. The van der Waals surface area contributed by atoms with Crippen molar-refractivity contribution in [3.63, 3.8) is 0 Å². The Kier molecular flexibility index (Phi) is 10.7. The zero-order valence-corrected chi connectivity index (χ0v) is 20.2. The van der Waals surface area contributed by atoms with Gasteiger partial charge in [-0.05, 0) is 23.3 Å². The smallest absolute Gasteiger partial charge is 0.0893 e. The minimum Gasteiger partial charge on any atom is -0.377 e. The van der Waals surface area contributed by atoms with Crippen molar-refractivity contribution in [2.24, 2.45) is 0 Å². The predicted octanol–water partition coefficient (Wildman–Crippen LogP) is 4.40. The largest absolute Gasteiger partial charge is 0.377 e. The Hall–Kier alpha value is -2.61. The van der Waals surface area contributed by atoms with Crippen LogP contribution in [-0.2, 0) is 49.7 Å². The summed E-state index contributed by atoms with van der Waals surface area (Å²) in [6, 6.07) is 26.6. The Morgan fingerprint density at radius 3 is 1.49 bits per heavy atom. The number of hydrogen-bond donors (Lipinski definition) is 0. The molecule has 0 saturated carbocycles. The van der Waals surface area contributed by atoms with Crippen LogP contribution in [0.1, 0.15) is 22.5 Å². The summed E-state index contributed by atoms with van der Waals surface area (Å²) >= 11 is 0. The van der Waals surface area contributed by atoms with Gasteiger partial charge >= 0.3 is 0 Å². The van der Waals surface area contributed by atoms with E-state index in [1.807, 2.05) is 54.6 Å². The molecule has 2 heterocycles. The van der Waals surface area contributed by atoms with Crippen molar-refractivity contribution in [1.29, 1.82) is 0 Å². The Labute approximate surface area is 208 Å². The summed E-state index contributed by atoms with van der Waals surface area (Å²) in [7, 11) is 0. The van der Waals surface area contributed by atoms with E-state index in [0.29, 0.717) is 52.9 Å². The standard InChI is InChI=1S/C29H35NO5/c1-3-8-24(9-4-1)18-28-22-32-16-14-31-15-17-33-23-29(19-25-10-5-2-6-11-25)35-21-27-13-7-12-26(30-27)20-34-28/h1-13,28-29H,14-23H2/t28-,29-/m1/s1. The second-order valence-electron chi connectivity index (χ2n) is 8.63. The van der Waals surface area contributed by atoms with Crippen molar-refractivity contribution >= 4 is 0 Å². The van der Waals surface area contributed by atoms with Crippen LogP contribution in [0.5, 0.6) is 0 Å². The van der Waals surface area contributed by atoms with Gasteiger partial charge in [0.15, 0.2) is 0 Å². The van der Waals surface area contributed by atoms with Crippen LogP contribution in [-0.4, -0.2) is 56.8 Å². The topological polar surface area (TPSA) is 59.0 Å². The van der Waals surface area contributed by atoms with Crippen molar-refractivity contribution in [2.75, 3.05) is 39.6 Å². The quantitative estimate of drug-likeness (QED) is 0.555. The highest BCUT2D eigenvalue weighted by molar-refractivity contribution is 5.17. The third kappa shape index (κ3) is 9.51. The summed E-state index contributed by atoms with van der Waals surface area (Å²) in [6.07, 6.45) is 1.41. The van der Waals surface area contributed by atoms with E-state index < -0.39 is 0 Å². The van der Waals surface area contributed by atoms with E-state index in [4.69, 9.17) is 28.7 Å². The van der Waals surface area contributed by atoms with Crippen LogP contribution in [0.4, 0.5) is 0 Å². The van der Waals surface area contributed by atoms with Gasteiger partial charge in [-0.1, -0.05) is 66.7 Å². The van der Waals surface area contributed by atoms with Crippen LogP contribution in [0.3, 0.4) is 0 Å². The number of benzene rings is 2. The summed E-state index contributed by atoms with van der Waals surface area (Å²) in [5, 5.41) is 0. The van der Waals surface area contributed by atoms with Crippen LogP contribution >= 0.6 is 0 Å². The molecular weight excluding hydrogens is 442 g/mol. The summed E-state index contributed by atoms with van der Waals surface area (Å²) in [5.74, 6) is 0. The van der Waals surface area contributed by atoms with Crippen molar-refractivity contribution < 1.29 is 23.7 Å². The van der Waals surface area contributed by atoms with Crippen LogP contribution in [0.25, 0.3) is 0 Å². The van der Waals surface area contributed by atoms with Crippen LogP contribution in [0, 0.1) is 0 Å². The molecule has 2 aromatic carbocycles. The third-order valence-electron chi connectivity index (χ3n) is 5.76. The lowest BCUT2D eigenvalue weighted by Gasteiger charge is -2.20. The second kappa shape index (κ2) is 14.7. The van der Waals surface area contributed by atoms with E-state index in [-0.39, 0.29) is 12.2 Å². The number of fused-ring (bicyclic) bond motifs is 2. The lowest BCUT2D eigenvalue weighted by atomic mass is 10.1. The van der Waals surface area contributed by atoms with Gasteiger partial charge in [0, 0.05) is 12.8 Å². The molecule has 2 bridgehead atoms. The van der Waals surface area contributed by atoms with Gasteiger partial charge < -0.3 is 23.7 Å². The molecule has 0 N–H and O–H groups in total. The molecule has 6 heteroatoms. The molecule has 0 saturated heterocycles. The fraction of sp³-hybridized carbons (Fsp3) is 0.414. The number of rotatable bonds is 4. The maximum atomic E-state index is 6.24. The SMILES string of the molecule is c1ccc(C[C@@H]2COCCOCCOC[C@@H](Cc3ccccc3)OCc3cccc(n3)CO2)cc1. The first-order valence-corrected chi connectivity index (χ1v) is 12.3. The minimum atomic E-state index is -0.0726. The zero-order chi connectivity index (χ0) is 24.0. The minimum absolute atomic E-state index is 0.0726. The molecule has 3 aromatic rings. The van der Waals surface area contributed by atoms with E-state index in [9.17, 15) is 0 Å². The van der Waals surface area contributed by atoms with Gasteiger partial charge in [-0.3, -0.25) is 4.98 Å². The van der Waals surface area contributed by atoms with E-state index in [2.05, 4.69) is 24.3 Å². The normalized spacial score (nSPS) is 21.0. The van der Waals surface area contributed by atoms with E-state index >= 15 is 0 Å². The van der Waals surface area contributed by atoms with Gasteiger partial charge in [-0.25, -0.2) is 0 Å². The highest BCUT2D eigenvalue weighted by atomic mass is 16.6. The number of pyridine rings is 1. The van der Waals surface area contributed by atoms with Gasteiger partial charge in [0.1, 0.15) is 0 Å². The Morgan fingerprint density at radius 1 is 0.543 bits per heavy atom. The fourth-order valence-corrected chi connectivity index (χ4v) is 3.95. The number of ether oxygens (including phenoxy) is 5. The lowest BCUT2D eigenvalue weighted by Crippen LogP contribution is -2.25. The van der Waals surface area contributed by atoms with Crippen LogP contribution < -0.4 is 0 Å². The van der Waals surface area contributed by atoms with Crippen molar-refractivity contribution in [1.82, 2.24) is 4.98 Å². The molecule has 186 valence electrons. The lowest BCUT2D eigenvalue weighted by molar-refractivity contribution is -0.0545. The van der Waals surface area contributed by atoms with Crippen molar-refractivity contribution in [2.45, 2.75) is 38.3 Å². The number of hydrogen-bond acceptors (Lipinski definition) is 6. The zero-order valence-electron chi connectivity index (χ0n) is 20.2. The molecule has 1 aliphatic heterocycles. The molecule has 35 heavy (non-hydrogen) atoms. The van der Waals surface area contributed by atoms with Gasteiger partial charge in [0.25, 0.3) is 0 Å². The fourth-order valence-electron chi connectivity index (χ4n) is 3.95.